The number of rotatable bonds is 3. The summed E-state index contributed by atoms with van der Waals surface area (Å²) in [6.45, 7) is 0.364. The average Bonchev–Trinajstić information content (AvgIpc) is 2.91. The van der Waals surface area contributed by atoms with E-state index in [9.17, 15) is 9.90 Å². The zero-order valence-corrected chi connectivity index (χ0v) is 14.7. The lowest BCUT2D eigenvalue weighted by molar-refractivity contribution is -0.0532. The molecular weight excluding hydrogens is 356 g/mol. The predicted molar refractivity (Wildman–Crippen MR) is 101 cm³/mol. The molecule has 3 aromatic rings. The normalized spacial score (nSPS) is 20.4. The number of para-hydroxylation sites is 1. The minimum atomic E-state index is -1.51. The Morgan fingerprint density at radius 3 is 2.96 bits per heavy atom. The van der Waals surface area contributed by atoms with Crippen LogP contribution in [0.5, 0.6) is 0 Å². The molecule has 25 heavy (non-hydrogen) atoms. The average molecular weight is 370 g/mol. The quantitative estimate of drug-likeness (QED) is 0.562. The zero-order chi connectivity index (χ0) is 17.4. The Morgan fingerprint density at radius 1 is 1.32 bits per heavy atom. The molecule has 1 saturated heterocycles. The molecule has 1 aliphatic rings. The van der Waals surface area contributed by atoms with Gasteiger partial charge >= 0.3 is 5.63 Å². The van der Waals surface area contributed by atoms with Gasteiger partial charge in [0.05, 0.1) is 11.3 Å². The minimum Gasteiger partial charge on any atom is -0.422 e. The molecule has 1 N–H and O–H groups in total. The highest BCUT2D eigenvalue weighted by Gasteiger charge is 2.46. The topological polar surface area (TPSA) is 66.6 Å². The minimum absolute atomic E-state index is 0.197. The van der Waals surface area contributed by atoms with E-state index in [-0.39, 0.29) is 11.3 Å². The Bertz CT molecular complexity index is 1010. The van der Waals surface area contributed by atoms with Crippen molar-refractivity contribution < 1.29 is 9.52 Å². The standard InChI is InChI=1S/C18H14N2O3S2/c21-16-14(8-13-5-1-2-6-15(13)23-16)18(22)11-25-17(24)20(18)10-12-4-3-7-19-9-12/h1-9,22H,10-11H2. The maximum absolute atomic E-state index is 12.5. The Morgan fingerprint density at radius 2 is 2.16 bits per heavy atom. The molecule has 3 heterocycles. The van der Waals surface area contributed by atoms with E-state index in [0.717, 1.165) is 10.9 Å². The lowest BCUT2D eigenvalue weighted by Gasteiger charge is -2.33. The van der Waals surface area contributed by atoms with Gasteiger partial charge in [-0.1, -0.05) is 48.2 Å². The van der Waals surface area contributed by atoms with Gasteiger partial charge in [-0.05, 0) is 23.8 Å². The first-order chi connectivity index (χ1) is 12.1. The zero-order valence-electron chi connectivity index (χ0n) is 13.1. The van der Waals surface area contributed by atoms with Crippen molar-refractivity contribution in [2.75, 3.05) is 5.75 Å². The smallest absolute Gasteiger partial charge is 0.344 e. The van der Waals surface area contributed by atoms with Crippen LogP contribution in [0.2, 0.25) is 0 Å². The van der Waals surface area contributed by atoms with Crippen LogP contribution in [0, 0.1) is 0 Å². The summed E-state index contributed by atoms with van der Waals surface area (Å²) in [7, 11) is 0. The van der Waals surface area contributed by atoms with E-state index >= 15 is 0 Å². The molecule has 1 unspecified atom stereocenters. The van der Waals surface area contributed by atoms with Crippen LogP contribution >= 0.6 is 24.0 Å². The largest absolute Gasteiger partial charge is 0.422 e. The summed E-state index contributed by atoms with van der Waals surface area (Å²) in [5.74, 6) is 0.273. The Balaban J connectivity index is 1.80. The van der Waals surface area contributed by atoms with Gasteiger partial charge in [-0.3, -0.25) is 4.98 Å². The fourth-order valence-corrected chi connectivity index (χ4v) is 4.30. The van der Waals surface area contributed by atoms with Gasteiger partial charge in [0, 0.05) is 24.3 Å². The summed E-state index contributed by atoms with van der Waals surface area (Å²) in [5.41, 5.74) is -0.477. The maximum Gasteiger partial charge on any atom is 0.344 e. The highest BCUT2D eigenvalue weighted by Crippen LogP contribution is 2.39. The SMILES string of the molecule is O=c1oc2ccccc2cc1C1(O)CSC(=S)N1Cc1cccnc1. The Kier molecular flexibility index (Phi) is 4.07. The number of benzene rings is 1. The van der Waals surface area contributed by atoms with Gasteiger partial charge in [0.25, 0.3) is 0 Å². The number of hydrogen-bond donors (Lipinski definition) is 1. The molecule has 0 aliphatic carbocycles. The second kappa shape index (κ2) is 6.25. The van der Waals surface area contributed by atoms with Gasteiger partial charge in [0.1, 0.15) is 9.90 Å². The van der Waals surface area contributed by atoms with Gasteiger partial charge in [-0.25, -0.2) is 4.79 Å². The third-order valence-electron chi connectivity index (χ3n) is 4.20. The number of nitrogens with zero attached hydrogens (tertiary/aromatic N) is 2. The molecule has 0 amide bonds. The molecule has 0 radical (unpaired) electrons. The van der Waals surface area contributed by atoms with Crippen molar-refractivity contribution >= 4 is 39.3 Å². The third kappa shape index (κ3) is 2.84. The number of hydrogen-bond acceptors (Lipinski definition) is 6. The van der Waals surface area contributed by atoms with Crippen LogP contribution in [0.3, 0.4) is 0 Å². The summed E-state index contributed by atoms with van der Waals surface area (Å²) in [5, 5.41) is 12.1. The second-order valence-corrected chi connectivity index (χ2v) is 7.41. The van der Waals surface area contributed by atoms with Crippen molar-refractivity contribution in [1.29, 1.82) is 0 Å². The van der Waals surface area contributed by atoms with Crippen molar-refractivity contribution in [1.82, 2.24) is 9.88 Å². The molecule has 1 aromatic carbocycles. The number of aromatic nitrogens is 1. The molecular formula is C18H14N2O3S2. The van der Waals surface area contributed by atoms with Gasteiger partial charge in [0.2, 0.25) is 0 Å². The van der Waals surface area contributed by atoms with Crippen LogP contribution < -0.4 is 5.63 Å². The summed E-state index contributed by atoms with van der Waals surface area (Å²) in [6, 6.07) is 12.6. The van der Waals surface area contributed by atoms with E-state index in [1.807, 2.05) is 24.3 Å². The fourth-order valence-electron chi connectivity index (χ4n) is 2.90. The second-order valence-electron chi connectivity index (χ2n) is 5.80. The Labute approximate surface area is 153 Å². The van der Waals surface area contributed by atoms with Gasteiger partial charge in [0.15, 0.2) is 5.72 Å². The molecule has 5 nitrogen and oxygen atoms in total. The van der Waals surface area contributed by atoms with Crippen molar-refractivity contribution in [2.45, 2.75) is 12.3 Å². The van der Waals surface area contributed by atoms with Crippen LogP contribution in [-0.2, 0) is 12.3 Å². The molecule has 1 aliphatic heterocycles. The first-order valence-electron chi connectivity index (χ1n) is 7.67. The van der Waals surface area contributed by atoms with Crippen LogP contribution in [0.4, 0.5) is 0 Å². The molecule has 0 saturated carbocycles. The molecule has 2 aromatic heterocycles. The number of thiocarbonyl (C=S) groups is 1. The molecule has 4 rings (SSSR count). The summed E-state index contributed by atoms with van der Waals surface area (Å²) < 4.78 is 5.94. The van der Waals surface area contributed by atoms with Crippen LogP contribution in [0.15, 0.2) is 64.1 Å². The fraction of sp³-hybridized carbons (Fsp3) is 0.167. The highest BCUT2D eigenvalue weighted by atomic mass is 32.2. The molecule has 7 heteroatoms. The number of thioether (sulfide) groups is 1. The maximum atomic E-state index is 12.5. The van der Waals surface area contributed by atoms with Crippen molar-refractivity contribution in [3.8, 4) is 0 Å². The lowest BCUT2D eigenvalue weighted by atomic mass is 10.0. The van der Waals surface area contributed by atoms with Crippen LogP contribution in [-0.4, -0.2) is 25.1 Å². The van der Waals surface area contributed by atoms with Crippen molar-refractivity contribution in [2.24, 2.45) is 0 Å². The molecule has 0 bridgehead atoms. The summed E-state index contributed by atoms with van der Waals surface area (Å²) in [6.07, 6.45) is 3.40. The Hall–Kier alpha value is -2.22. The van der Waals surface area contributed by atoms with Crippen LogP contribution in [0.25, 0.3) is 11.0 Å². The molecule has 1 fully saturated rings. The summed E-state index contributed by atoms with van der Waals surface area (Å²) in [4.78, 5) is 18.3. The van der Waals surface area contributed by atoms with E-state index in [0.29, 0.717) is 16.4 Å². The first kappa shape index (κ1) is 16.3. The van der Waals surface area contributed by atoms with Crippen molar-refractivity contribution in [3.63, 3.8) is 0 Å². The molecule has 126 valence electrons. The number of fused-ring (bicyclic) bond motifs is 1. The number of pyridine rings is 1. The van der Waals surface area contributed by atoms with Crippen LogP contribution in [0.1, 0.15) is 11.1 Å². The van der Waals surface area contributed by atoms with E-state index < -0.39 is 11.4 Å². The monoisotopic (exact) mass is 370 g/mol. The lowest BCUT2D eigenvalue weighted by Crippen LogP contribution is -2.46. The van der Waals surface area contributed by atoms with E-state index in [2.05, 4.69) is 4.98 Å². The molecule has 0 spiro atoms. The summed E-state index contributed by atoms with van der Waals surface area (Å²) >= 11 is 6.75. The van der Waals surface area contributed by atoms with Gasteiger partial charge < -0.3 is 14.4 Å². The van der Waals surface area contributed by atoms with Crippen molar-refractivity contribution in [3.05, 3.63) is 76.4 Å². The van der Waals surface area contributed by atoms with Gasteiger partial charge in [-0.15, -0.1) is 0 Å². The van der Waals surface area contributed by atoms with Gasteiger partial charge in [-0.2, -0.15) is 0 Å². The van der Waals surface area contributed by atoms with E-state index in [1.165, 1.54) is 11.8 Å². The predicted octanol–water partition coefficient (Wildman–Crippen LogP) is 2.87. The first-order valence-corrected chi connectivity index (χ1v) is 9.06. The highest BCUT2D eigenvalue weighted by molar-refractivity contribution is 8.23. The third-order valence-corrected chi connectivity index (χ3v) is 5.79. The van der Waals surface area contributed by atoms with E-state index in [4.69, 9.17) is 16.6 Å². The number of aliphatic hydroxyl groups is 1. The molecule has 1 atom stereocenters. The van der Waals surface area contributed by atoms with E-state index in [1.54, 1.807) is 35.5 Å².